The summed E-state index contributed by atoms with van der Waals surface area (Å²) in [4.78, 5) is 13.2. The summed E-state index contributed by atoms with van der Waals surface area (Å²) in [6, 6.07) is 8.94. The highest BCUT2D eigenvalue weighted by Gasteiger charge is 2.40. The minimum atomic E-state index is -0.285. The quantitative estimate of drug-likeness (QED) is 0.604. The first-order valence-electron chi connectivity index (χ1n) is 9.66. The second-order valence-electron chi connectivity index (χ2n) is 7.11. The van der Waals surface area contributed by atoms with Crippen LogP contribution < -0.4 is 23.7 Å². The van der Waals surface area contributed by atoms with Crippen molar-refractivity contribution < 1.29 is 33.2 Å². The predicted molar refractivity (Wildman–Crippen MR) is 111 cm³/mol. The average Bonchev–Trinajstić information content (AvgIpc) is 3.17. The van der Waals surface area contributed by atoms with E-state index in [1.54, 1.807) is 53.7 Å². The van der Waals surface area contributed by atoms with Crippen LogP contribution in [0.3, 0.4) is 0 Å². The Bertz CT molecular complexity index is 883. The normalized spacial score (nSPS) is 20.5. The number of benzene rings is 2. The molecule has 0 aromatic heterocycles. The number of hydrogen-bond acceptors (Lipinski definition) is 7. The minimum absolute atomic E-state index is 0.0124. The first-order valence-corrected chi connectivity index (χ1v) is 9.66. The number of carbonyl (C=O) groups is 1. The van der Waals surface area contributed by atoms with E-state index in [-0.39, 0.29) is 23.7 Å². The predicted octanol–water partition coefficient (Wildman–Crippen LogP) is 3.94. The smallest absolute Gasteiger partial charge is 0.203 e. The molecule has 7 heteroatoms. The Balaban J connectivity index is 1.87. The number of hydrogen-bond donors (Lipinski definition) is 0. The van der Waals surface area contributed by atoms with Crippen molar-refractivity contribution in [3.63, 3.8) is 0 Å². The van der Waals surface area contributed by atoms with E-state index in [9.17, 15) is 4.79 Å². The van der Waals surface area contributed by atoms with Gasteiger partial charge in [-0.1, -0.05) is 6.92 Å². The van der Waals surface area contributed by atoms with Gasteiger partial charge >= 0.3 is 0 Å². The van der Waals surface area contributed by atoms with Gasteiger partial charge in [-0.05, 0) is 41.8 Å². The standard InChI is InChI=1S/C23H28O7/c1-13-16(21(24)14-7-8-17(25-2)18(9-14)26-3)12-30-22(13)15-10-19(27-4)23(29-6)20(11-15)28-5/h7-11,13,16,22H,12H2,1-6H3/t13-,16+,22-/m1/s1. The summed E-state index contributed by atoms with van der Waals surface area (Å²) in [5.74, 6) is 2.41. The molecule has 2 aromatic carbocycles. The number of methoxy groups -OCH3 is 5. The van der Waals surface area contributed by atoms with E-state index >= 15 is 0 Å². The van der Waals surface area contributed by atoms with Gasteiger partial charge in [0.2, 0.25) is 5.75 Å². The van der Waals surface area contributed by atoms with Crippen molar-refractivity contribution in [3.05, 3.63) is 41.5 Å². The maximum atomic E-state index is 13.2. The van der Waals surface area contributed by atoms with Gasteiger partial charge in [0, 0.05) is 5.56 Å². The van der Waals surface area contributed by atoms with Gasteiger partial charge in [0.05, 0.1) is 54.2 Å². The molecule has 1 aliphatic heterocycles. The second kappa shape index (κ2) is 9.26. The second-order valence-corrected chi connectivity index (χ2v) is 7.11. The molecule has 1 saturated heterocycles. The highest BCUT2D eigenvalue weighted by Crippen LogP contribution is 2.45. The molecule has 0 N–H and O–H groups in total. The molecule has 0 bridgehead atoms. The van der Waals surface area contributed by atoms with Crippen LogP contribution in [-0.4, -0.2) is 47.9 Å². The lowest BCUT2D eigenvalue weighted by Gasteiger charge is -2.21. The van der Waals surface area contributed by atoms with Crippen molar-refractivity contribution in [1.82, 2.24) is 0 Å². The zero-order chi connectivity index (χ0) is 21.8. The molecule has 2 aromatic rings. The number of ether oxygens (including phenoxy) is 6. The Kier molecular flexibility index (Phi) is 6.72. The highest BCUT2D eigenvalue weighted by atomic mass is 16.5. The van der Waals surface area contributed by atoms with E-state index in [4.69, 9.17) is 28.4 Å². The zero-order valence-corrected chi connectivity index (χ0v) is 18.2. The molecule has 3 rings (SSSR count). The van der Waals surface area contributed by atoms with Crippen LogP contribution in [0.4, 0.5) is 0 Å². The van der Waals surface area contributed by atoms with E-state index < -0.39 is 0 Å². The minimum Gasteiger partial charge on any atom is -0.493 e. The summed E-state index contributed by atoms with van der Waals surface area (Å²) in [5.41, 5.74) is 1.44. The van der Waals surface area contributed by atoms with Gasteiger partial charge in [0.15, 0.2) is 28.8 Å². The Morgan fingerprint density at radius 3 is 1.97 bits per heavy atom. The summed E-state index contributed by atoms with van der Waals surface area (Å²) < 4.78 is 32.9. The maximum absolute atomic E-state index is 13.2. The molecule has 0 amide bonds. The van der Waals surface area contributed by atoms with Gasteiger partial charge in [-0.3, -0.25) is 4.79 Å². The number of ketones is 1. The van der Waals surface area contributed by atoms with Gasteiger partial charge < -0.3 is 28.4 Å². The van der Waals surface area contributed by atoms with Crippen molar-refractivity contribution >= 4 is 5.78 Å². The lowest BCUT2D eigenvalue weighted by molar-refractivity contribution is 0.0854. The van der Waals surface area contributed by atoms with Crippen molar-refractivity contribution in [2.24, 2.45) is 11.8 Å². The van der Waals surface area contributed by atoms with Crippen LogP contribution in [0.1, 0.15) is 28.9 Å². The zero-order valence-electron chi connectivity index (χ0n) is 18.2. The fourth-order valence-corrected chi connectivity index (χ4v) is 3.91. The van der Waals surface area contributed by atoms with Gasteiger partial charge in [-0.2, -0.15) is 0 Å². The van der Waals surface area contributed by atoms with Crippen molar-refractivity contribution in [2.45, 2.75) is 13.0 Å². The number of Topliss-reactive ketones (excluding diaryl/α,β-unsaturated/α-hetero) is 1. The lowest BCUT2D eigenvalue weighted by Crippen LogP contribution is -2.21. The maximum Gasteiger partial charge on any atom is 0.203 e. The van der Waals surface area contributed by atoms with E-state index in [1.165, 1.54) is 0 Å². The molecule has 0 spiro atoms. The Labute approximate surface area is 176 Å². The summed E-state index contributed by atoms with van der Waals surface area (Å²) in [6.07, 6.45) is -0.271. The third-order valence-electron chi connectivity index (χ3n) is 5.59. The van der Waals surface area contributed by atoms with Crippen LogP contribution in [0.15, 0.2) is 30.3 Å². The Hall–Kier alpha value is -2.93. The summed E-state index contributed by atoms with van der Waals surface area (Å²) in [5, 5.41) is 0. The van der Waals surface area contributed by atoms with Crippen molar-refractivity contribution in [1.29, 1.82) is 0 Å². The molecule has 0 aliphatic carbocycles. The Morgan fingerprint density at radius 2 is 1.43 bits per heavy atom. The van der Waals surface area contributed by atoms with Crippen LogP contribution >= 0.6 is 0 Å². The molecular weight excluding hydrogens is 388 g/mol. The SMILES string of the molecule is COc1ccc(C(=O)[C@H]2CO[C@@H](c3cc(OC)c(OC)c(OC)c3)[C@@H]2C)cc1OC. The van der Waals surface area contributed by atoms with E-state index in [0.717, 1.165) is 5.56 Å². The third-order valence-corrected chi connectivity index (χ3v) is 5.59. The largest absolute Gasteiger partial charge is 0.493 e. The third kappa shape index (κ3) is 3.89. The van der Waals surface area contributed by atoms with Crippen LogP contribution in [0, 0.1) is 11.8 Å². The van der Waals surface area contributed by atoms with E-state index in [0.29, 0.717) is 40.9 Å². The van der Waals surface area contributed by atoms with E-state index in [1.807, 2.05) is 19.1 Å². The first-order chi connectivity index (χ1) is 14.5. The van der Waals surface area contributed by atoms with Gasteiger partial charge in [-0.25, -0.2) is 0 Å². The topological polar surface area (TPSA) is 72.5 Å². The average molecular weight is 416 g/mol. The number of carbonyl (C=O) groups excluding carboxylic acids is 1. The van der Waals surface area contributed by atoms with Crippen LogP contribution in [0.2, 0.25) is 0 Å². The number of rotatable bonds is 8. The molecular formula is C23H28O7. The molecule has 162 valence electrons. The molecule has 7 nitrogen and oxygen atoms in total. The van der Waals surface area contributed by atoms with Crippen molar-refractivity contribution in [3.8, 4) is 28.7 Å². The Morgan fingerprint density at radius 1 is 0.833 bits per heavy atom. The summed E-state index contributed by atoms with van der Waals surface area (Å²) in [6.45, 7) is 2.35. The molecule has 0 unspecified atom stereocenters. The highest BCUT2D eigenvalue weighted by molar-refractivity contribution is 5.99. The van der Waals surface area contributed by atoms with Crippen LogP contribution in [-0.2, 0) is 4.74 Å². The molecule has 0 saturated carbocycles. The summed E-state index contributed by atoms with van der Waals surface area (Å²) in [7, 11) is 7.82. The fraction of sp³-hybridized carbons (Fsp3) is 0.435. The molecule has 30 heavy (non-hydrogen) atoms. The molecule has 3 atom stereocenters. The van der Waals surface area contributed by atoms with E-state index in [2.05, 4.69) is 0 Å². The van der Waals surface area contributed by atoms with Gasteiger partial charge in [0.1, 0.15) is 0 Å². The van der Waals surface area contributed by atoms with Gasteiger partial charge in [0.25, 0.3) is 0 Å². The molecule has 1 fully saturated rings. The van der Waals surface area contributed by atoms with Crippen LogP contribution in [0.25, 0.3) is 0 Å². The molecule has 1 heterocycles. The van der Waals surface area contributed by atoms with Crippen molar-refractivity contribution in [2.75, 3.05) is 42.2 Å². The van der Waals surface area contributed by atoms with Gasteiger partial charge in [-0.15, -0.1) is 0 Å². The summed E-state index contributed by atoms with van der Waals surface area (Å²) >= 11 is 0. The monoisotopic (exact) mass is 416 g/mol. The fourth-order valence-electron chi connectivity index (χ4n) is 3.91. The first kappa shape index (κ1) is 21.8. The molecule has 0 radical (unpaired) electrons. The lowest BCUT2D eigenvalue weighted by atomic mass is 9.84. The molecule has 1 aliphatic rings. The van der Waals surface area contributed by atoms with Crippen LogP contribution in [0.5, 0.6) is 28.7 Å².